The molecular weight excluding hydrogens is 452 g/mol. The third-order valence-electron chi connectivity index (χ3n) is 6.87. The third kappa shape index (κ3) is 4.25. The van der Waals surface area contributed by atoms with Gasteiger partial charge in [0.1, 0.15) is 11.5 Å². The molecule has 0 saturated heterocycles. The van der Waals surface area contributed by atoms with Gasteiger partial charge in [-0.05, 0) is 43.0 Å². The number of aromatic nitrogens is 2. The van der Waals surface area contributed by atoms with E-state index in [2.05, 4.69) is 29.5 Å². The lowest BCUT2D eigenvalue weighted by molar-refractivity contribution is -0.130. The zero-order valence-electron chi connectivity index (χ0n) is 19.3. The monoisotopic (exact) mass is 480 g/mol. The standard InChI is InChI=1S/C26H29ClN4O3/c1-2-18-10-12-19(13-11-18)22-15-23-24(32)30(16-21-9-6-14-34-21)26(27,17-31(23)29-22)25(33)28-20-7-4-3-5-8-20/h6,9-15,20H,2-5,7-8,16-17H2,1H3,(H,28,33). The maximum Gasteiger partial charge on any atom is 0.274 e. The molecule has 1 unspecified atom stereocenters. The summed E-state index contributed by atoms with van der Waals surface area (Å²) in [5, 5.41) is 7.77. The number of nitrogens with one attached hydrogen (secondary N) is 1. The number of alkyl halides is 1. The molecule has 7 nitrogen and oxygen atoms in total. The van der Waals surface area contributed by atoms with Crippen LogP contribution >= 0.6 is 11.6 Å². The lowest BCUT2D eigenvalue weighted by atomic mass is 9.95. The molecule has 1 fully saturated rings. The molecule has 8 heteroatoms. The number of nitrogens with zero attached hydrogens (tertiary/aromatic N) is 3. The minimum Gasteiger partial charge on any atom is -0.467 e. The van der Waals surface area contributed by atoms with Gasteiger partial charge in [0.2, 0.25) is 5.00 Å². The van der Waals surface area contributed by atoms with Crippen molar-refractivity contribution in [2.45, 2.75) is 69.6 Å². The van der Waals surface area contributed by atoms with Gasteiger partial charge in [-0.25, -0.2) is 0 Å². The number of carbonyl (C=O) groups excluding carboxylic acids is 2. The smallest absolute Gasteiger partial charge is 0.274 e. The van der Waals surface area contributed by atoms with E-state index in [0.29, 0.717) is 17.1 Å². The Morgan fingerprint density at radius 1 is 1.21 bits per heavy atom. The number of amides is 2. The number of hydrogen-bond donors (Lipinski definition) is 1. The number of halogens is 1. The van der Waals surface area contributed by atoms with Gasteiger partial charge in [0.25, 0.3) is 11.8 Å². The second-order valence-corrected chi connectivity index (χ2v) is 9.79. The van der Waals surface area contributed by atoms with Crippen LogP contribution in [0.15, 0.2) is 53.1 Å². The van der Waals surface area contributed by atoms with Gasteiger partial charge in [-0.2, -0.15) is 5.10 Å². The minimum absolute atomic E-state index is 0.0575. The van der Waals surface area contributed by atoms with Crippen LogP contribution in [0.3, 0.4) is 0 Å². The molecule has 3 heterocycles. The molecule has 0 spiro atoms. The van der Waals surface area contributed by atoms with Gasteiger partial charge in [0, 0.05) is 11.6 Å². The molecule has 5 rings (SSSR count). The van der Waals surface area contributed by atoms with Gasteiger partial charge >= 0.3 is 0 Å². The van der Waals surface area contributed by atoms with Gasteiger partial charge in [0.15, 0.2) is 0 Å². The molecule has 34 heavy (non-hydrogen) atoms. The Kier molecular flexibility index (Phi) is 6.21. The van der Waals surface area contributed by atoms with E-state index in [0.717, 1.165) is 37.7 Å². The van der Waals surface area contributed by atoms with Crippen molar-refractivity contribution >= 4 is 23.4 Å². The first kappa shape index (κ1) is 22.7. The summed E-state index contributed by atoms with van der Waals surface area (Å²) in [5.74, 6) is -0.150. The number of furan rings is 1. The lowest BCUT2D eigenvalue weighted by Gasteiger charge is -2.41. The SMILES string of the molecule is CCc1ccc(-c2cc3n(n2)CC(Cl)(C(=O)NC2CCCCC2)N(Cc2ccco2)C3=O)cc1. The summed E-state index contributed by atoms with van der Waals surface area (Å²) in [5.41, 5.74) is 3.23. The Morgan fingerprint density at radius 3 is 2.65 bits per heavy atom. The van der Waals surface area contributed by atoms with E-state index in [1.165, 1.54) is 16.9 Å². The van der Waals surface area contributed by atoms with Crippen molar-refractivity contribution in [3.8, 4) is 11.3 Å². The van der Waals surface area contributed by atoms with Crippen molar-refractivity contribution < 1.29 is 14.0 Å². The fraction of sp³-hybridized carbons (Fsp3) is 0.423. The van der Waals surface area contributed by atoms with E-state index >= 15 is 0 Å². The molecule has 0 radical (unpaired) electrons. The summed E-state index contributed by atoms with van der Waals surface area (Å²) >= 11 is 7.04. The first-order valence-corrected chi connectivity index (χ1v) is 12.4. The summed E-state index contributed by atoms with van der Waals surface area (Å²) in [6, 6.07) is 13.5. The zero-order chi connectivity index (χ0) is 23.7. The number of hydrogen-bond acceptors (Lipinski definition) is 4. The largest absolute Gasteiger partial charge is 0.467 e. The topological polar surface area (TPSA) is 80.4 Å². The van der Waals surface area contributed by atoms with Gasteiger partial charge < -0.3 is 14.6 Å². The highest BCUT2D eigenvalue weighted by molar-refractivity contribution is 6.36. The average molecular weight is 481 g/mol. The van der Waals surface area contributed by atoms with Crippen molar-refractivity contribution in [3.05, 3.63) is 65.7 Å². The van der Waals surface area contributed by atoms with Crippen molar-refractivity contribution in [1.29, 1.82) is 0 Å². The number of fused-ring (bicyclic) bond motifs is 1. The van der Waals surface area contributed by atoms with Crippen LogP contribution in [0, 0.1) is 0 Å². The van der Waals surface area contributed by atoms with Crippen molar-refractivity contribution in [3.63, 3.8) is 0 Å². The zero-order valence-corrected chi connectivity index (χ0v) is 20.1. The number of carbonyl (C=O) groups is 2. The molecule has 2 amide bonds. The van der Waals surface area contributed by atoms with Crippen LogP contribution in [0.2, 0.25) is 0 Å². The summed E-state index contributed by atoms with van der Waals surface area (Å²) in [4.78, 5) is 27.0. The highest BCUT2D eigenvalue weighted by atomic mass is 35.5. The number of rotatable bonds is 6. The third-order valence-corrected chi connectivity index (χ3v) is 7.37. The number of benzene rings is 1. The van der Waals surface area contributed by atoms with E-state index < -0.39 is 5.00 Å². The predicted octanol–water partition coefficient (Wildman–Crippen LogP) is 4.75. The van der Waals surface area contributed by atoms with Crippen molar-refractivity contribution in [1.82, 2.24) is 20.0 Å². The first-order valence-electron chi connectivity index (χ1n) is 12.0. The highest BCUT2D eigenvalue weighted by Crippen LogP contribution is 2.35. The van der Waals surface area contributed by atoms with E-state index in [9.17, 15) is 9.59 Å². The molecule has 178 valence electrons. The Bertz CT molecular complexity index is 1170. The Morgan fingerprint density at radius 2 is 1.97 bits per heavy atom. The van der Waals surface area contributed by atoms with E-state index in [1.54, 1.807) is 29.1 Å². The van der Waals surface area contributed by atoms with Crippen LogP contribution in [0.1, 0.15) is 60.8 Å². The molecule has 1 N–H and O–H groups in total. The first-order chi connectivity index (χ1) is 16.5. The van der Waals surface area contributed by atoms with E-state index in [1.807, 2.05) is 12.1 Å². The summed E-state index contributed by atoms with van der Waals surface area (Å²) in [6.45, 7) is 2.26. The Labute approximate surface area is 204 Å². The van der Waals surface area contributed by atoms with Crippen LogP contribution in [0.25, 0.3) is 11.3 Å². The van der Waals surface area contributed by atoms with Gasteiger partial charge in [0.05, 0.1) is 25.0 Å². The second-order valence-electron chi connectivity index (χ2n) is 9.16. The molecular formula is C26H29ClN4O3. The summed E-state index contributed by atoms with van der Waals surface area (Å²) < 4.78 is 7.05. The van der Waals surface area contributed by atoms with Crippen molar-refractivity contribution in [2.75, 3.05) is 0 Å². The van der Waals surface area contributed by atoms with Crippen LogP contribution < -0.4 is 5.32 Å². The molecule has 1 aliphatic heterocycles. The van der Waals surface area contributed by atoms with Crippen LogP contribution in [-0.2, 0) is 24.3 Å². The quantitative estimate of drug-likeness (QED) is 0.408. The van der Waals surface area contributed by atoms with Crippen LogP contribution in [0.4, 0.5) is 0 Å². The minimum atomic E-state index is -1.61. The van der Waals surface area contributed by atoms with Gasteiger partial charge in [-0.1, -0.05) is 62.1 Å². The Balaban J connectivity index is 1.48. The summed E-state index contributed by atoms with van der Waals surface area (Å²) in [7, 11) is 0. The maximum atomic E-state index is 13.7. The average Bonchev–Trinajstić information content (AvgIpc) is 3.52. The van der Waals surface area contributed by atoms with E-state index in [-0.39, 0.29) is 30.9 Å². The number of aryl methyl sites for hydroxylation is 1. The highest BCUT2D eigenvalue weighted by Gasteiger charge is 2.51. The molecule has 1 aromatic carbocycles. The molecule has 2 aliphatic rings. The fourth-order valence-corrected chi connectivity index (χ4v) is 5.14. The van der Waals surface area contributed by atoms with Gasteiger partial charge in [-0.3, -0.25) is 14.3 Å². The molecule has 1 aliphatic carbocycles. The lowest BCUT2D eigenvalue weighted by Crippen LogP contribution is -2.63. The van der Waals surface area contributed by atoms with Gasteiger partial charge in [-0.15, -0.1) is 0 Å². The molecule has 2 aromatic heterocycles. The molecule has 1 saturated carbocycles. The second kappa shape index (κ2) is 9.29. The molecule has 1 atom stereocenters. The van der Waals surface area contributed by atoms with Crippen LogP contribution in [-0.4, -0.2) is 37.5 Å². The molecule has 0 bridgehead atoms. The fourth-order valence-electron chi connectivity index (χ4n) is 4.84. The summed E-state index contributed by atoms with van der Waals surface area (Å²) in [6.07, 6.45) is 7.69. The van der Waals surface area contributed by atoms with Crippen molar-refractivity contribution in [2.24, 2.45) is 0 Å². The van der Waals surface area contributed by atoms with E-state index in [4.69, 9.17) is 16.0 Å². The molecule has 3 aromatic rings. The predicted molar refractivity (Wildman–Crippen MR) is 129 cm³/mol. The maximum absolute atomic E-state index is 13.7. The Hall–Kier alpha value is -3.06. The van der Waals surface area contributed by atoms with Crippen LogP contribution in [0.5, 0.6) is 0 Å². The normalized spacial score (nSPS) is 20.9.